The van der Waals surface area contributed by atoms with E-state index in [0.717, 1.165) is 31.2 Å². The summed E-state index contributed by atoms with van der Waals surface area (Å²) >= 11 is 0. The molecule has 0 atom stereocenters. The third kappa shape index (κ3) is 4.34. The van der Waals surface area contributed by atoms with Gasteiger partial charge in [0.2, 0.25) is 0 Å². The van der Waals surface area contributed by atoms with E-state index >= 15 is 0 Å². The van der Waals surface area contributed by atoms with Crippen LogP contribution in [0.1, 0.15) is 69.8 Å². The van der Waals surface area contributed by atoms with Crippen molar-refractivity contribution in [2.24, 2.45) is 0 Å². The highest BCUT2D eigenvalue weighted by Crippen LogP contribution is 2.31. The molecule has 0 radical (unpaired) electrons. The Morgan fingerprint density at radius 3 is 2.08 bits per heavy atom. The quantitative estimate of drug-likeness (QED) is 0.577. The molecule has 1 aromatic carbocycles. The van der Waals surface area contributed by atoms with Crippen molar-refractivity contribution in [2.75, 3.05) is 5.32 Å². The fourth-order valence-corrected chi connectivity index (χ4v) is 4.39. The van der Waals surface area contributed by atoms with Crippen molar-refractivity contribution < 1.29 is 9.72 Å². The van der Waals surface area contributed by atoms with Crippen LogP contribution < -0.4 is 5.32 Å². The number of hydrogen-bond acceptors (Lipinski definition) is 3. The van der Waals surface area contributed by atoms with Crippen LogP contribution in [0.25, 0.3) is 0 Å². The summed E-state index contributed by atoms with van der Waals surface area (Å²) in [5, 5.41) is 14.0. The summed E-state index contributed by atoms with van der Waals surface area (Å²) in [6, 6.07) is 5.14. The number of amides is 2. The van der Waals surface area contributed by atoms with Crippen molar-refractivity contribution in [3.63, 3.8) is 0 Å². The summed E-state index contributed by atoms with van der Waals surface area (Å²) in [4.78, 5) is 25.9. The highest BCUT2D eigenvalue weighted by molar-refractivity contribution is 5.91. The Bertz CT molecular complexity index is 632. The molecule has 3 rings (SSSR count). The molecule has 0 unspecified atom stereocenters. The summed E-state index contributed by atoms with van der Waals surface area (Å²) in [7, 11) is 0. The first kappa shape index (κ1) is 18.7. The van der Waals surface area contributed by atoms with Gasteiger partial charge in [0.05, 0.1) is 10.6 Å². The number of hydrogen-bond donors (Lipinski definition) is 1. The molecule has 2 fully saturated rings. The lowest BCUT2D eigenvalue weighted by molar-refractivity contribution is -0.384. The molecule has 6 heteroatoms. The minimum atomic E-state index is -0.421. The molecule has 0 saturated heterocycles. The van der Waals surface area contributed by atoms with E-state index in [9.17, 15) is 14.9 Å². The van der Waals surface area contributed by atoms with Crippen molar-refractivity contribution >= 4 is 17.4 Å². The van der Waals surface area contributed by atoms with Gasteiger partial charge in [-0.25, -0.2) is 4.79 Å². The van der Waals surface area contributed by atoms with Gasteiger partial charge in [-0.1, -0.05) is 44.6 Å². The molecular weight excluding hydrogens is 330 g/mol. The Morgan fingerprint density at radius 1 is 1.04 bits per heavy atom. The first-order valence-corrected chi connectivity index (χ1v) is 9.90. The second kappa shape index (κ2) is 8.52. The Labute approximate surface area is 155 Å². The summed E-state index contributed by atoms with van der Waals surface area (Å²) in [5.41, 5.74) is 1.39. The van der Waals surface area contributed by atoms with Crippen molar-refractivity contribution in [1.29, 1.82) is 0 Å². The number of aryl methyl sites for hydroxylation is 1. The minimum Gasteiger partial charge on any atom is -0.319 e. The van der Waals surface area contributed by atoms with Crippen LogP contribution in [0.4, 0.5) is 16.2 Å². The molecule has 0 spiro atoms. The maximum absolute atomic E-state index is 13.2. The number of nitro groups is 1. The van der Waals surface area contributed by atoms with Gasteiger partial charge in [-0.05, 0) is 38.2 Å². The van der Waals surface area contributed by atoms with E-state index in [-0.39, 0.29) is 11.7 Å². The minimum absolute atomic E-state index is 0.00721. The smallest absolute Gasteiger partial charge is 0.319 e. The third-order valence-electron chi connectivity index (χ3n) is 5.84. The Kier molecular flexibility index (Phi) is 6.12. The van der Waals surface area contributed by atoms with Gasteiger partial charge in [0.15, 0.2) is 0 Å². The highest BCUT2D eigenvalue weighted by atomic mass is 16.6. The fraction of sp³-hybridized carbons (Fsp3) is 0.650. The zero-order valence-corrected chi connectivity index (χ0v) is 15.6. The second-order valence-electron chi connectivity index (χ2n) is 7.68. The van der Waals surface area contributed by atoms with Crippen LogP contribution in [0.2, 0.25) is 0 Å². The first-order valence-electron chi connectivity index (χ1n) is 9.90. The van der Waals surface area contributed by atoms with Crippen molar-refractivity contribution in [3.8, 4) is 0 Å². The number of nitro benzene ring substituents is 1. The predicted octanol–water partition coefficient (Wildman–Crippen LogP) is 5.40. The Morgan fingerprint density at radius 2 is 1.58 bits per heavy atom. The lowest BCUT2D eigenvalue weighted by Gasteiger charge is -2.41. The highest BCUT2D eigenvalue weighted by Gasteiger charge is 2.32. The van der Waals surface area contributed by atoms with E-state index < -0.39 is 4.92 Å². The number of non-ortho nitro benzene ring substituents is 1. The molecule has 2 saturated carbocycles. The molecule has 0 heterocycles. The molecule has 0 bridgehead atoms. The summed E-state index contributed by atoms with van der Waals surface area (Å²) in [6.45, 7) is 1.87. The predicted molar refractivity (Wildman–Crippen MR) is 102 cm³/mol. The van der Waals surface area contributed by atoms with Gasteiger partial charge >= 0.3 is 6.03 Å². The SMILES string of the molecule is Cc1ccc([N+](=O)[O-])cc1NC(=O)N(C1CCCCC1)C1CCCCC1. The monoisotopic (exact) mass is 359 g/mol. The second-order valence-corrected chi connectivity index (χ2v) is 7.68. The summed E-state index contributed by atoms with van der Waals surface area (Å²) < 4.78 is 0. The number of benzene rings is 1. The number of urea groups is 1. The topological polar surface area (TPSA) is 75.5 Å². The van der Waals surface area contributed by atoms with Crippen molar-refractivity contribution in [1.82, 2.24) is 4.90 Å². The Balaban J connectivity index is 1.80. The van der Waals surface area contributed by atoms with Gasteiger partial charge < -0.3 is 10.2 Å². The molecule has 1 aromatic rings. The molecular formula is C20H29N3O3. The molecule has 26 heavy (non-hydrogen) atoms. The number of carbonyl (C=O) groups excluding carboxylic acids is 1. The average molecular weight is 359 g/mol. The van der Waals surface area contributed by atoms with Crippen LogP contribution in [0.5, 0.6) is 0 Å². The molecule has 142 valence electrons. The van der Waals surface area contributed by atoms with Gasteiger partial charge in [0.25, 0.3) is 5.69 Å². The van der Waals surface area contributed by atoms with E-state index in [0.29, 0.717) is 17.8 Å². The van der Waals surface area contributed by atoms with Gasteiger partial charge in [-0.15, -0.1) is 0 Å². The number of anilines is 1. The summed E-state index contributed by atoms with van der Waals surface area (Å²) in [6.07, 6.45) is 11.5. The van der Waals surface area contributed by atoms with Crippen LogP contribution in [0.15, 0.2) is 18.2 Å². The van der Waals surface area contributed by atoms with E-state index in [1.807, 2.05) is 6.92 Å². The summed E-state index contributed by atoms with van der Waals surface area (Å²) in [5.74, 6) is 0. The first-order chi connectivity index (χ1) is 12.6. The average Bonchev–Trinajstić information content (AvgIpc) is 2.65. The van der Waals surface area contributed by atoms with Crippen LogP contribution >= 0.6 is 0 Å². The molecule has 0 aliphatic heterocycles. The van der Waals surface area contributed by atoms with Gasteiger partial charge in [0.1, 0.15) is 0 Å². The third-order valence-corrected chi connectivity index (χ3v) is 5.84. The van der Waals surface area contributed by atoms with E-state index in [1.165, 1.54) is 50.7 Å². The zero-order chi connectivity index (χ0) is 18.5. The van der Waals surface area contributed by atoms with E-state index in [1.54, 1.807) is 6.07 Å². The lowest BCUT2D eigenvalue weighted by Crippen LogP contribution is -2.50. The van der Waals surface area contributed by atoms with E-state index in [2.05, 4.69) is 10.2 Å². The molecule has 2 aliphatic rings. The number of carbonyl (C=O) groups is 1. The van der Waals surface area contributed by atoms with E-state index in [4.69, 9.17) is 0 Å². The molecule has 2 amide bonds. The van der Waals surface area contributed by atoms with Gasteiger partial charge in [0, 0.05) is 24.2 Å². The van der Waals surface area contributed by atoms with Crippen LogP contribution in [-0.4, -0.2) is 27.9 Å². The normalized spacial score (nSPS) is 19.1. The number of nitrogens with zero attached hydrogens (tertiary/aromatic N) is 2. The molecule has 1 N–H and O–H groups in total. The molecule has 0 aromatic heterocycles. The largest absolute Gasteiger partial charge is 0.322 e. The molecule has 2 aliphatic carbocycles. The lowest BCUT2D eigenvalue weighted by atomic mass is 9.89. The van der Waals surface area contributed by atoms with Crippen LogP contribution in [0.3, 0.4) is 0 Å². The maximum atomic E-state index is 13.2. The fourth-order valence-electron chi connectivity index (χ4n) is 4.39. The van der Waals surface area contributed by atoms with Gasteiger partial charge in [-0.3, -0.25) is 10.1 Å². The van der Waals surface area contributed by atoms with Crippen LogP contribution in [0, 0.1) is 17.0 Å². The van der Waals surface area contributed by atoms with Crippen molar-refractivity contribution in [3.05, 3.63) is 33.9 Å². The maximum Gasteiger partial charge on any atom is 0.322 e. The standard InChI is InChI=1S/C20H29N3O3/c1-15-12-13-18(23(25)26)14-19(15)21-20(24)22(16-8-4-2-5-9-16)17-10-6-3-7-11-17/h12-14,16-17H,2-11H2,1H3,(H,21,24). The number of nitrogens with one attached hydrogen (secondary N) is 1. The van der Waals surface area contributed by atoms with Gasteiger partial charge in [-0.2, -0.15) is 0 Å². The zero-order valence-electron chi connectivity index (χ0n) is 15.6. The Hall–Kier alpha value is -2.11. The van der Waals surface area contributed by atoms with Crippen molar-refractivity contribution in [2.45, 2.75) is 83.2 Å². The van der Waals surface area contributed by atoms with Crippen LogP contribution in [-0.2, 0) is 0 Å². The number of rotatable bonds is 4. The molecule has 6 nitrogen and oxygen atoms in total.